The first-order valence-electron chi connectivity index (χ1n) is 3.98. The van der Waals surface area contributed by atoms with Crippen molar-refractivity contribution >= 4 is 5.97 Å². The van der Waals surface area contributed by atoms with E-state index in [1.54, 1.807) is 0 Å². The number of carboxylic acid groups (broad SMARTS) is 1. The van der Waals surface area contributed by atoms with E-state index in [4.69, 9.17) is 4.52 Å². The smallest absolute Gasteiger partial charge is 0.140 e. The van der Waals surface area contributed by atoms with E-state index in [-0.39, 0.29) is 5.69 Å². The fraction of sp³-hybridized carbons (Fsp3) is 0.500. The molecule has 4 heteroatoms. The first kappa shape index (κ1) is 7.34. The van der Waals surface area contributed by atoms with Crippen molar-refractivity contribution in [1.82, 2.24) is 5.16 Å². The summed E-state index contributed by atoms with van der Waals surface area (Å²) >= 11 is 0. The predicted molar refractivity (Wildman–Crippen MR) is 37.5 cm³/mol. The van der Waals surface area contributed by atoms with Gasteiger partial charge >= 0.3 is 0 Å². The van der Waals surface area contributed by atoms with Gasteiger partial charge in [0.25, 0.3) is 0 Å². The molecule has 1 aromatic heterocycles. The SMILES string of the molecule is O=C([O-])c1noc2c1CCCC2. The number of aromatic nitrogens is 1. The summed E-state index contributed by atoms with van der Waals surface area (Å²) in [4.78, 5) is 10.5. The Kier molecular flexibility index (Phi) is 1.60. The molecule has 0 radical (unpaired) electrons. The van der Waals surface area contributed by atoms with E-state index in [0.717, 1.165) is 37.0 Å². The number of rotatable bonds is 1. The largest absolute Gasteiger partial charge is 0.543 e. The topological polar surface area (TPSA) is 66.2 Å². The molecule has 0 atom stereocenters. The first-order chi connectivity index (χ1) is 5.79. The lowest BCUT2D eigenvalue weighted by Gasteiger charge is -2.08. The van der Waals surface area contributed by atoms with Crippen LogP contribution in [0.1, 0.15) is 34.7 Å². The van der Waals surface area contributed by atoms with Gasteiger partial charge in [0.05, 0.1) is 5.97 Å². The van der Waals surface area contributed by atoms with Crippen LogP contribution < -0.4 is 5.11 Å². The number of carboxylic acids is 1. The summed E-state index contributed by atoms with van der Waals surface area (Å²) in [5.41, 5.74) is 0.728. The van der Waals surface area contributed by atoms with Gasteiger partial charge in [-0.25, -0.2) is 0 Å². The minimum Gasteiger partial charge on any atom is -0.543 e. The van der Waals surface area contributed by atoms with Crippen LogP contribution in [0.4, 0.5) is 0 Å². The molecular formula is C8H8NO3-. The van der Waals surface area contributed by atoms with Crippen molar-refractivity contribution in [3.63, 3.8) is 0 Å². The molecular weight excluding hydrogens is 158 g/mol. The van der Waals surface area contributed by atoms with Gasteiger partial charge in [0.15, 0.2) is 0 Å². The van der Waals surface area contributed by atoms with Gasteiger partial charge in [0, 0.05) is 12.0 Å². The van der Waals surface area contributed by atoms with Crippen molar-refractivity contribution in [3.8, 4) is 0 Å². The molecule has 0 unspecified atom stereocenters. The maximum Gasteiger partial charge on any atom is 0.140 e. The lowest BCUT2D eigenvalue weighted by Crippen LogP contribution is -2.24. The van der Waals surface area contributed by atoms with Crippen molar-refractivity contribution in [2.45, 2.75) is 25.7 Å². The number of aromatic carboxylic acids is 1. The Balaban J connectivity index is 2.44. The summed E-state index contributed by atoms with van der Waals surface area (Å²) in [6, 6.07) is 0. The van der Waals surface area contributed by atoms with Crippen molar-refractivity contribution < 1.29 is 14.4 Å². The number of hydrogen-bond donors (Lipinski definition) is 0. The van der Waals surface area contributed by atoms with Gasteiger partial charge in [-0.05, 0) is 19.3 Å². The van der Waals surface area contributed by atoms with Gasteiger partial charge < -0.3 is 14.4 Å². The zero-order chi connectivity index (χ0) is 8.55. The summed E-state index contributed by atoms with van der Waals surface area (Å²) in [6.07, 6.45) is 3.61. The highest BCUT2D eigenvalue weighted by Gasteiger charge is 2.19. The molecule has 12 heavy (non-hydrogen) atoms. The number of aryl methyl sites for hydroxylation is 1. The molecule has 0 spiro atoms. The molecule has 1 aliphatic rings. The summed E-state index contributed by atoms with van der Waals surface area (Å²) in [5.74, 6) is -0.512. The van der Waals surface area contributed by atoms with Gasteiger partial charge in [0.2, 0.25) is 0 Å². The number of carbonyl (C=O) groups excluding carboxylic acids is 1. The maximum absolute atomic E-state index is 10.5. The summed E-state index contributed by atoms with van der Waals surface area (Å²) in [6.45, 7) is 0. The molecule has 0 bridgehead atoms. The average Bonchev–Trinajstić information content (AvgIpc) is 2.47. The number of fused-ring (bicyclic) bond motifs is 1. The second-order valence-corrected chi connectivity index (χ2v) is 2.93. The van der Waals surface area contributed by atoms with E-state index in [0.29, 0.717) is 0 Å². The van der Waals surface area contributed by atoms with Crippen LogP contribution in [0.2, 0.25) is 0 Å². The maximum atomic E-state index is 10.5. The molecule has 1 aromatic rings. The molecule has 0 aliphatic heterocycles. The van der Waals surface area contributed by atoms with E-state index in [9.17, 15) is 9.90 Å². The molecule has 0 N–H and O–H groups in total. The standard InChI is InChI=1S/C8H9NO3/c10-8(11)7-5-3-1-2-4-6(5)12-9-7/h1-4H2,(H,10,11)/p-1. The molecule has 1 aliphatic carbocycles. The van der Waals surface area contributed by atoms with Gasteiger partial charge in [-0.1, -0.05) is 5.16 Å². The Hall–Kier alpha value is -1.32. The molecule has 0 amide bonds. The second kappa shape index (κ2) is 2.62. The second-order valence-electron chi connectivity index (χ2n) is 2.93. The van der Waals surface area contributed by atoms with Crippen LogP contribution in [-0.2, 0) is 12.8 Å². The van der Waals surface area contributed by atoms with E-state index >= 15 is 0 Å². The number of carbonyl (C=O) groups is 1. The lowest BCUT2D eigenvalue weighted by molar-refractivity contribution is -0.255. The van der Waals surface area contributed by atoms with Crippen LogP contribution in [-0.4, -0.2) is 11.1 Å². The van der Waals surface area contributed by atoms with E-state index in [1.165, 1.54) is 0 Å². The fourth-order valence-corrected chi connectivity index (χ4v) is 1.55. The van der Waals surface area contributed by atoms with Crippen molar-refractivity contribution in [3.05, 3.63) is 17.0 Å². The van der Waals surface area contributed by atoms with Gasteiger partial charge in [-0.3, -0.25) is 0 Å². The highest BCUT2D eigenvalue weighted by molar-refractivity contribution is 5.85. The van der Waals surface area contributed by atoms with E-state index < -0.39 is 5.97 Å². The molecule has 4 nitrogen and oxygen atoms in total. The Morgan fingerprint density at radius 3 is 2.92 bits per heavy atom. The third kappa shape index (κ3) is 0.995. The van der Waals surface area contributed by atoms with Gasteiger partial charge in [-0.2, -0.15) is 0 Å². The van der Waals surface area contributed by atoms with Crippen LogP contribution in [0.3, 0.4) is 0 Å². The van der Waals surface area contributed by atoms with Gasteiger partial charge in [0.1, 0.15) is 11.5 Å². The van der Waals surface area contributed by atoms with Crippen LogP contribution in [0.25, 0.3) is 0 Å². The summed E-state index contributed by atoms with van der Waals surface area (Å²) in [5, 5.41) is 14.0. The molecule has 0 fully saturated rings. The van der Waals surface area contributed by atoms with Crippen molar-refractivity contribution in [1.29, 1.82) is 0 Å². The highest BCUT2D eigenvalue weighted by Crippen LogP contribution is 2.23. The molecule has 0 saturated carbocycles. The third-order valence-corrected chi connectivity index (χ3v) is 2.14. The Morgan fingerprint density at radius 1 is 1.42 bits per heavy atom. The minimum absolute atomic E-state index is 0.00954. The molecule has 1 heterocycles. The third-order valence-electron chi connectivity index (χ3n) is 2.14. The zero-order valence-corrected chi connectivity index (χ0v) is 6.50. The number of nitrogens with zero attached hydrogens (tertiary/aromatic N) is 1. The zero-order valence-electron chi connectivity index (χ0n) is 6.50. The quantitative estimate of drug-likeness (QED) is 0.585. The van der Waals surface area contributed by atoms with E-state index in [2.05, 4.69) is 5.16 Å². The summed E-state index contributed by atoms with van der Waals surface area (Å²) < 4.78 is 4.88. The number of hydrogen-bond acceptors (Lipinski definition) is 4. The molecule has 2 rings (SSSR count). The van der Waals surface area contributed by atoms with Crippen molar-refractivity contribution in [2.24, 2.45) is 0 Å². The predicted octanol–water partition coefficient (Wildman–Crippen LogP) is -0.0831. The monoisotopic (exact) mass is 166 g/mol. The molecule has 0 aromatic carbocycles. The molecule has 64 valence electrons. The van der Waals surface area contributed by atoms with E-state index in [1.807, 2.05) is 0 Å². The Labute approximate surface area is 69.2 Å². The average molecular weight is 166 g/mol. The normalized spacial score (nSPS) is 15.7. The Morgan fingerprint density at radius 2 is 2.17 bits per heavy atom. The lowest BCUT2D eigenvalue weighted by atomic mass is 9.97. The highest BCUT2D eigenvalue weighted by atomic mass is 16.5. The van der Waals surface area contributed by atoms with Crippen LogP contribution in [0.15, 0.2) is 4.52 Å². The minimum atomic E-state index is -1.23. The fourth-order valence-electron chi connectivity index (χ4n) is 1.55. The van der Waals surface area contributed by atoms with Crippen molar-refractivity contribution in [2.75, 3.05) is 0 Å². The van der Waals surface area contributed by atoms with Crippen LogP contribution in [0.5, 0.6) is 0 Å². The van der Waals surface area contributed by atoms with Gasteiger partial charge in [-0.15, -0.1) is 0 Å². The summed E-state index contributed by atoms with van der Waals surface area (Å²) in [7, 11) is 0. The van der Waals surface area contributed by atoms with Crippen LogP contribution >= 0.6 is 0 Å². The molecule has 0 saturated heterocycles. The first-order valence-corrected chi connectivity index (χ1v) is 3.98. The van der Waals surface area contributed by atoms with Crippen LogP contribution in [0, 0.1) is 0 Å². The Bertz CT molecular complexity index is 316.